The van der Waals surface area contributed by atoms with Crippen LogP contribution < -0.4 is 0 Å². The lowest BCUT2D eigenvalue weighted by Crippen LogP contribution is -2.54. The van der Waals surface area contributed by atoms with Gasteiger partial charge in [0.25, 0.3) is 0 Å². The van der Waals surface area contributed by atoms with E-state index < -0.39 is 0 Å². The average Bonchev–Trinajstić information content (AvgIpc) is 3.17. The smallest absolute Gasteiger partial charge is 0.0152 e. The van der Waals surface area contributed by atoms with Gasteiger partial charge in [0.2, 0.25) is 0 Å². The molecule has 0 aromatic heterocycles. The van der Waals surface area contributed by atoms with Crippen LogP contribution >= 0.6 is 0 Å². The Hall–Kier alpha value is 0. The fraction of sp³-hybridized carbons (Fsp3) is 1.00. The molecule has 1 aliphatic carbocycles. The van der Waals surface area contributed by atoms with E-state index in [-0.39, 0.29) is 21.7 Å². The lowest BCUT2D eigenvalue weighted by atomic mass is 9.43. The maximum Gasteiger partial charge on any atom is -0.0152 e. The first-order valence-corrected chi connectivity index (χ1v) is 15.2. The summed E-state index contributed by atoms with van der Waals surface area (Å²) >= 11 is 0. The Morgan fingerprint density at radius 3 is 1.34 bits per heavy atom. The van der Waals surface area contributed by atoms with Crippen molar-refractivity contribution in [3.05, 3.63) is 0 Å². The SMILES string of the molecule is CC(C)[C@H](C)[C@@H]1C(C)C1(CCCC(C(C)(C)C)(C(C)(C)C)C(C)(C)C)[C@H](C)CC(C)(C)C(C)(C)C. The standard InChI is InChI=1S/C35H70/c1-24(2)26(4)28-27(5)34(28,25(3)23-33(18,19)29(6,7)8)21-20-22-35(30(9,10)11,31(12,13)14)32(15,16)17/h24-28H,20-23H2,1-19H3/t25-,26+,27?,28-,34?/m1/s1. The molecule has 0 aromatic carbocycles. The predicted octanol–water partition coefficient (Wildman–Crippen LogP) is 11.9. The van der Waals surface area contributed by atoms with Crippen LogP contribution in [0, 0.1) is 67.5 Å². The van der Waals surface area contributed by atoms with E-state index in [1.54, 1.807) is 0 Å². The highest BCUT2D eigenvalue weighted by atomic mass is 14.7. The summed E-state index contributed by atoms with van der Waals surface area (Å²) in [6, 6.07) is 0. The van der Waals surface area contributed by atoms with Crippen molar-refractivity contribution in [2.45, 2.75) is 157 Å². The van der Waals surface area contributed by atoms with Crippen LogP contribution in [0.15, 0.2) is 0 Å². The van der Waals surface area contributed by atoms with Crippen LogP contribution in [0.4, 0.5) is 0 Å². The molecule has 1 aliphatic rings. The van der Waals surface area contributed by atoms with Crippen molar-refractivity contribution < 1.29 is 0 Å². The first-order valence-electron chi connectivity index (χ1n) is 15.2. The highest BCUT2D eigenvalue weighted by Gasteiger charge is 2.66. The van der Waals surface area contributed by atoms with Crippen molar-refractivity contribution in [1.82, 2.24) is 0 Å². The van der Waals surface area contributed by atoms with Crippen molar-refractivity contribution >= 4 is 0 Å². The minimum absolute atomic E-state index is 0.260. The molecule has 0 radical (unpaired) electrons. The second-order valence-electron chi connectivity index (χ2n) is 18.3. The Bertz CT molecular complexity index is 641. The molecule has 5 atom stereocenters. The molecule has 0 saturated heterocycles. The summed E-state index contributed by atoms with van der Waals surface area (Å²) in [7, 11) is 0. The molecule has 0 spiro atoms. The van der Waals surface area contributed by atoms with E-state index in [1.807, 2.05) is 0 Å². The van der Waals surface area contributed by atoms with Gasteiger partial charge in [0.15, 0.2) is 0 Å². The van der Waals surface area contributed by atoms with Crippen LogP contribution in [0.5, 0.6) is 0 Å². The zero-order valence-electron chi connectivity index (χ0n) is 28.2. The molecule has 35 heavy (non-hydrogen) atoms. The van der Waals surface area contributed by atoms with Crippen LogP contribution in [0.3, 0.4) is 0 Å². The third-order valence-electron chi connectivity index (χ3n) is 12.3. The summed E-state index contributed by atoms with van der Waals surface area (Å²) in [6.07, 6.45) is 5.43. The summed E-state index contributed by atoms with van der Waals surface area (Å²) in [5.74, 6) is 4.07. The second-order valence-corrected chi connectivity index (χ2v) is 18.3. The van der Waals surface area contributed by atoms with E-state index in [9.17, 15) is 0 Å². The van der Waals surface area contributed by atoms with Gasteiger partial charge in [-0.05, 0) is 86.8 Å². The molecule has 0 N–H and O–H groups in total. The molecular formula is C35H70. The maximum absolute atomic E-state index is 2.63. The van der Waals surface area contributed by atoms with Crippen LogP contribution in [-0.2, 0) is 0 Å². The predicted molar refractivity (Wildman–Crippen MR) is 161 cm³/mol. The fourth-order valence-corrected chi connectivity index (χ4v) is 9.89. The Balaban J connectivity index is 3.40. The van der Waals surface area contributed by atoms with E-state index in [2.05, 4.69) is 132 Å². The van der Waals surface area contributed by atoms with Crippen LogP contribution in [0.2, 0.25) is 0 Å². The molecule has 1 rings (SSSR count). The normalized spacial score (nSPS) is 26.7. The third kappa shape index (κ3) is 5.87. The van der Waals surface area contributed by atoms with E-state index in [4.69, 9.17) is 0 Å². The minimum atomic E-state index is 0.260. The first kappa shape index (κ1) is 33.0. The van der Waals surface area contributed by atoms with Gasteiger partial charge in [-0.25, -0.2) is 0 Å². The van der Waals surface area contributed by atoms with Gasteiger partial charge in [-0.1, -0.05) is 138 Å². The van der Waals surface area contributed by atoms with Crippen molar-refractivity contribution in [2.75, 3.05) is 0 Å². The summed E-state index contributed by atoms with van der Waals surface area (Å²) in [5, 5.41) is 0. The average molecular weight is 491 g/mol. The van der Waals surface area contributed by atoms with E-state index in [0.717, 1.165) is 29.6 Å². The topological polar surface area (TPSA) is 0 Å². The summed E-state index contributed by atoms with van der Waals surface area (Å²) in [5.41, 5.74) is 2.24. The van der Waals surface area contributed by atoms with Crippen LogP contribution in [0.25, 0.3) is 0 Å². The molecule has 0 heteroatoms. The van der Waals surface area contributed by atoms with Gasteiger partial charge in [-0.15, -0.1) is 0 Å². The molecule has 1 fully saturated rings. The Labute approximate surface area is 224 Å². The molecule has 0 aromatic rings. The van der Waals surface area contributed by atoms with Gasteiger partial charge in [0, 0.05) is 0 Å². The van der Waals surface area contributed by atoms with Gasteiger partial charge in [-0.3, -0.25) is 0 Å². The van der Waals surface area contributed by atoms with Crippen LogP contribution in [0.1, 0.15) is 157 Å². The van der Waals surface area contributed by atoms with Crippen molar-refractivity contribution in [1.29, 1.82) is 0 Å². The third-order valence-corrected chi connectivity index (χ3v) is 12.3. The van der Waals surface area contributed by atoms with Crippen molar-refractivity contribution in [3.63, 3.8) is 0 Å². The monoisotopic (exact) mass is 491 g/mol. The summed E-state index contributed by atoms with van der Waals surface area (Å²) in [6.45, 7) is 47.7. The largest absolute Gasteiger partial charge is 0.0625 e. The van der Waals surface area contributed by atoms with E-state index >= 15 is 0 Å². The minimum Gasteiger partial charge on any atom is -0.0625 e. The molecule has 0 aliphatic heterocycles. The molecule has 0 nitrogen and oxygen atoms in total. The summed E-state index contributed by atoms with van der Waals surface area (Å²) in [4.78, 5) is 0. The molecule has 0 heterocycles. The molecule has 0 bridgehead atoms. The highest BCUT2D eigenvalue weighted by molar-refractivity contribution is 5.14. The number of rotatable bonds is 9. The Kier molecular flexibility index (Phi) is 9.39. The molecule has 0 amide bonds. The summed E-state index contributed by atoms with van der Waals surface area (Å²) < 4.78 is 0. The zero-order valence-corrected chi connectivity index (χ0v) is 28.2. The first-order chi connectivity index (χ1) is 15.2. The van der Waals surface area contributed by atoms with Gasteiger partial charge < -0.3 is 0 Å². The van der Waals surface area contributed by atoms with Crippen molar-refractivity contribution in [3.8, 4) is 0 Å². The maximum atomic E-state index is 2.63. The highest BCUT2D eigenvalue weighted by Crippen LogP contribution is 2.72. The van der Waals surface area contributed by atoms with Crippen LogP contribution in [-0.4, -0.2) is 0 Å². The Morgan fingerprint density at radius 1 is 0.629 bits per heavy atom. The van der Waals surface area contributed by atoms with Gasteiger partial charge in [-0.2, -0.15) is 0 Å². The number of hydrogen-bond donors (Lipinski definition) is 0. The zero-order chi connectivity index (χ0) is 28.2. The molecule has 210 valence electrons. The van der Waals surface area contributed by atoms with E-state index in [0.29, 0.717) is 16.2 Å². The molecular weight excluding hydrogens is 420 g/mol. The number of hydrogen-bond acceptors (Lipinski definition) is 0. The quantitative estimate of drug-likeness (QED) is 0.301. The van der Waals surface area contributed by atoms with E-state index in [1.165, 1.54) is 25.7 Å². The fourth-order valence-electron chi connectivity index (χ4n) is 9.89. The second kappa shape index (κ2) is 9.95. The van der Waals surface area contributed by atoms with Gasteiger partial charge >= 0.3 is 0 Å². The van der Waals surface area contributed by atoms with Gasteiger partial charge in [0.05, 0.1) is 0 Å². The Morgan fingerprint density at radius 2 is 1.03 bits per heavy atom. The molecule has 2 unspecified atom stereocenters. The van der Waals surface area contributed by atoms with Crippen molar-refractivity contribution in [2.24, 2.45) is 67.5 Å². The molecule has 1 saturated carbocycles. The lowest BCUT2D eigenvalue weighted by Gasteiger charge is -2.62. The van der Waals surface area contributed by atoms with Gasteiger partial charge in [0.1, 0.15) is 0 Å². The lowest BCUT2D eigenvalue weighted by molar-refractivity contribution is -0.131.